The topological polar surface area (TPSA) is 138 Å². The lowest BCUT2D eigenvalue weighted by Gasteiger charge is -2.32. The van der Waals surface area contributed by atoms with E-state index in [9.17, 15) is 9.59 Å². The molecule has 2 fully saturated rings. The van der Waals surface area contributed by atoms with Gasteiger partial charge in [-0.15, -0.1) is 0 Å². The number of carbonyl (C=O) groups excluding carboxylic acids is 2. The normalized spacial score (nSPS) is 16.4. The van der Waals surface area contributed by atoms with Gasteiger partial charge < -0.3 is 30.0 Å². The second-order valence-corrected chi connectivity index (χ2v) is 11.8. The summed E-state index contributed by atoms with van der Waals surface area (Å²) in [7, 11) is 0. The van der Waals surface area contributed by atoms with Crippen molar-refractivity contribution < 1.29 is 19.1 Å². The van der Waals surface area contributed by atoms with Crippen LogP contribution >= 0.6 is 34.5 Å². The molecule has 12 nitrogen and oxygen atoms in total. The first kappa shape index (κ1) is 30.5. The molecule has 15 heteroatoms. The van der Waals surface area contributed by atoms with Crippen LogP contribution in [-0.2, 0) is 9.47 Å². The summed E-state index contributed by atoms with van der Waals surface area (Å²) in [6, 6.07) is -0.0367. The minimum Gasteiger partial charge on any atom is -0.462 e. The van der Waals surface area contributed by atoms with E-state index in [0.29, 0.717) is 63.9 Å². The lowest BCUT2D eigenvalue weighted by molar-refractivity contribution is 0.0398. The molecule has 5 rings (SSSR count). The monoisotopic (exact) mass is 636 g/mol. The Bertz CT molecular complexity index is 1390. The van der Waals surface area contributed by atoms with Gasteiger partial charge in [-0.3, -0.25) is 9.69 Å². The molecule has 42 heavy (non-hydrogen) atoms. The van der Waals surface area contributed by atoms with Crippen LogP contribution < -0.4 is 15.5 Å². The molecule has 2 saturated heterocycles. The van der Waals surface area contributed by atoms with Crippen LogP contribution in [0.3, 0.4) is 0 Å². The Labute approximate surface area is 258 Å². The van der Waals surface area contributed by atoms with Crippen LogP contribution in [0.25, 0.3) is 11.4 Å². The van der Waals surface area contributed by atoms with Gasteiger partial charge in [-0.1, -0.05) is 34.5 Å². The van der Waals surface area contributed by atoms with Gasteiger partial charge in [0.05, 0.1) is 42.3 Å². The Hall–Kier alpha value is -2.97. The Kier molecular flexibility index (Phi) is 10.2. The number of aromatic nitrogens is 4. The molecular formula is C27H34Cl2N8O4S. The van der Waals surface area contributed by atoms with Crippen molar-refractivity contribution >= 4 is 57.4 Å². The van der Waals surface area contributed by atoms with Gasteiger partial charge in [0.1, 0.15) is 27.8 Å². The van der Waals surface area contributed by atoms with E-state index in [4.69, 9.17) is 37.7 Å². The van der Waals surface area contributed by atoms with Gasteiger partial charge in [-0.05, 0) is 26.7 Å². The van der Waals surface area contributed by atoms with E-state index in [2.05, 4.69) is 35.4 Å². The minimum absolute atomic E-state index is 0.0367. The number of esters is 1. The average molecular weight is 638 g/mol. The largest absolute Gasteiger partial charge is 0.462 e. The van der Waals surface area contributed by atoms with Gasteiger partial charge >= 0.3 is 5.97 Å². The van der Waals surface area contributed by atoms with E-state index in [1.807, 2.05) is 0 Å². The Morgan fingerprint density at radius 1 is 1.14 bits per heavy atom. The molecule has 2 aliphatic rings. The molecule has 0 aromatic carbocycles. The molecule has 226 valence electrons. The number of halogens is 2. The van der Waals surface area contributed by atoms with Crippen molar-refractivity contribution in [3.63, 3.8) is 0 Å². The number of aryl methyl sites for hydroxylation is 1. The number of rotatable bonds is 10. The fourth-order valence-electron chi connectivity index (χ4n) is 4.86. The summed E-state index contributed by atoms with van der Waals surface area (Å²) >= 11 is 13.6. The number of nitrogens with one attached hydrogen (secondary N) is 3. The summed E-state index contributed by atoms with van der Waals surface area (Å²) in [4.78, 5) is 47.2. The standard InChI is InChI=1S/C27H34Cl2N8O4S/c1-3-41-26(39)24-22(18-14-32-19(15-31-18)30-6-9-36-10-12-40-13-11-36)35-27(42-24)37-7-4-17(5-8-37)34-25(38)23-21(29)20(28)16(2)33-23/h14-15,17,33H,3-13H2,1-2H3,(H,30,32)(H,34,38). The van der Waals surface area contributed by atoms with Crippen molar-refractivity contribution in [2.45, 2.75) is 32.7 Å². The predicted molar refractivity (Wildman–Crippen MR) is 163 cm³/mol. The molecule has 1 amide bonds. The third-order valence-electron chi connectivity index (χ3n) is 7.19. The van der Waals surface area contributed by atoms with Crippen LogP contribution in [0.5, 0.6) is 0 Å². The highest BCUT2D eigenvalue weighted by atomic mass is 35.5. The van der Waals surface area contributed by atoms with E-state index in [-0.39, 0.29) is 29.3 Å². The van der Waals surface area contributed by atoms with Gasteiger partial charge in [0.15, 0.2) is 5.13 Å². The number of hydrogen-bond acceptors (Lipinski definition) is 11. The molecule has 0 bridgehead atoms. The molecule has 0 aliphatic carbocycles. The van der Waals surface area contributed by atoms with Gasteiger partial charge in [0.25, 0.3) is 5.91 Å². The molecule has 3 aromatic heterocycles. The number of carbonyl (C=O) groups is 2. The summed E-state index contributed by atoms with van der Waals surface area (Å²) in [5, 5.41) is 7.62. The smallest absolute Gasteiger partial charge is 0.350 e. The number of anilines is 2. The predicted octanol–water partition coefficient (Wildman–Crippen LogP) is 3.86. The molecule has 0 spiro atoms. The fraction of sp³-hybridized carbons (Fsp3) is 0.519. The minimum atomic E-state index is -0.440. The zero-order valence-corrected chi connectivity index (χ0v) is 25.9. The number of thiazole rings is 1. The van der Waals surface area contributed by atoms with Crippen LogP contribution in [0.4, 0.5) is 10.9 Å². The molecule has 0 atom stereocenters. The number of nitrogens with zero attached hydrogens (tertiary/aromatic N) is 5. The van der Waals surface area contributed by atoms with E-state index in [0.717, 1.165) is 39.4 Å². The Morgan fingerprint density at radius 2 is 1.90 bits per heavy atom. The summed E-state index contributed by atoms with van der Waals surface area (Å²) in [6.45, 7) is 10.1. The number of aromatic amines is 1. The van der Waals surface area contributed by atoms with Crippen molar-refractivity contribution in [2.24, 2.45) is 0 Å². The number of piperidine rings is 1. The highest BCUT2D eigenvalue weighted by Crippen LogP contribution is 2.34. The number of hydrogen-bond donors (Lipinski definition) is 3. The van der Waals surface area contributed by atoms with Crippen molar-refractivity contribution in [1.82, 2.24) is 30.2 Å². The van der Waals surface area contributed by atoms with Crippen molar-refractivity contribution in [1.29, 1.82) is 0 Å². The number of H-pyrrole nitrogens is 1. The highest BCUT2D eigenvalue weighted by molar-refractivity contribution is 7.17. The van der Waals surface area contributed by atoms with Crippen LogP contribution in [0, 0.1) is 6.92 Å². The zero-order valence-electron chi connectivity index (χ0n) is 23.5. The molecule has 0 radical (unpaired) electrons. The number of amides is 1. The number of ether oxygens (including phenoxy) is 2. The fourth-order valence-corrected chi connectivity index (χ4v) is 6.30. The second-order valence-electron chi connectivity index (χ2n) is 10.1. The molecule has 3 N–H and O–H groups in total. The van der Waals surface area contributed by atoms with E-state index in [1.165, 1.54) is 11.3 Å². The van der Waals surface area contributed by atoms with Gasteiger partial charge in [0.2, 0.25) is 0 Å². The summed E-state index contributed by atoms with van der Waals surface area (Å²) in [6.07, 6.45) is 4.68. The van der Waals surface area contributed by atoms with Crippen LogP contribution in [0.1, 0.15) is 45.6 Å². The first-order valence-electron chi connectivity index (χ1n) is 14.0. The third-order valence-corrected chi connectivity index (χ3v) is 9.23. The second kappa shape index (κ2) is 14.0. The molecule has 5 heterocycles. The van der Waals surface area contributed by atoms with Crippen LogP contribution in [0.15, 0.2) is 12.4 Å². The molecule has 2 aliphatic heterocycles. The van der Waals surface area contributed by atoms with Crippen molar-refractivity contribution in [3.05, 3.63) is 38.7 Å². The van der Waals surface area contributed by atoms with Gasteiger partial charge in [-0.25, -0.2) is 19.7 Å². The first-order chi connectivity index (χ1) is 20.3. The van der Waals surface area contributed by atoms with Gasteiger partial charge in [-0.2, -0.15) is 0 Å². The lowest BCUT2D eigenvalue weighted by atomic mass is 10.1. The maximum atomic E-state index is 12.8. The maximum Gasteiger partial charge on any atom is 0.350 e. The quantitative estimate of drug-likeness (QED) is 0.281. The van der Waals surface area contributed by atoms with Crippen molar-refractivity contribution in [3.8, 4) is 11.4 Å². The molecular weight excluding hydrogens is 603 g/mol. The third kappa shape index (κ3) is 7.14. The first-order valence-corrected chi connectivity index (χ1v) is 15.5. The van der Waals surface area contributed by atoms with Crippen LogP contribution in [0.2, 0.25) is 10.0 Å². The SMILES string of the molecule is CCOC(=O)c1sc(N2CCC(NC(=O)c3[nH]c(C)c(Cl)c3Cl)CC2)nc1-c1cnc(NCCN2CCOCC2)cn1. The van der Waals surface area contributed by atoms with E-state index >= 15 is 0 Å². The summed E-state index contributed by atoms with van der Waals surface area (Å²) < 4.78 is 10.7. The molecule has 0 unspecified atom stereocenters. The zero-order chi connectivity index (χ0) is 29.6. The summed E-state index contributed by atoms with van der Waals surface area (Å²) in [5.41, 5.74) is 1.87. The Balaban J connectivity index is 1.22. The summed E-state index contributed by atoms with van der Waals surface area (Å²) in [5.74, 6) is -0.0702. The average Bonchev–Trinajstić information content (AvgIpc) is 3.56. The lowest BCUT2D eigenvalue weighted by Crippen LogP contribution is -2.44. The van der Waals surface area contributed by atoms with Crippen LogP contribution in [-0.4, -0.2) is 102 Å². The number of morpholine rings is 1. The Morgan fingerprint density at radius 3 is 2.55 bits per heavy atom. The molecule has 0 saturated carbocycles. The maximum absolute atomic E-state index is 12.8. The van der Waals surface area contributed by atoms with E-state index in [1.54, 1.807) is 26.2 Å². The highest BCUT2D eigenvalue weighted by Gasteiger charge is 2.28. The van der Waals surface area contributed by atoms with Crippen molar-refractivity contribution in [2.75, 3.05) is 69.3 Å². The van der Waals surface area contributed by atoms with E-state index < -0.39 is 5.97 Å². The molecule has 3 aromatic rings. The van der Waals surface area contributed by atoms with Gasteiger partial charge in [0, 0.05) is 51.0 Å².